The Balaban J connectivity index is 2.02. The normalized spacial score (nSPS) is 16.8. The Hall–Kier alpha value is -1.21. The van der Waals surface area contributed by atoms with Crippen LogP contribution in [0.3, 0.4) is 0 Å². The maximum absolute atomic E-state index is 13.2. The summed E-state index contributed by atoms with van der Waals surface area (Å²) < 4.78 is 11.4. The van der Waals surface area contributed by atoms with Crippen molar-refractivity contribution in [2.75, 3.05) is 38.1 Å². The Labute approximate surface area is 160 Å². The first-order valence-electron chi connectivity index (χ1n) is 7.85. The molecular weight excluding hydrogens is 388 g/mol. The molecule has 5 nitrogen and oxygen atoms in total. The van der Waals surface area contributed by atoms with Crippen molar-refractivity contribution < 1.29 is 4.39 Å². The summed E-state index contributed by atoms with van der Waals surface area (Å²) in [5.74, 6) is 0.532. The Kier molecular flexibility index (Phi) is 5.63. The van der Waals surface area contributed by atoms with Crippen LogP contribution in [0.15, 0.2) is 24.3 Å². The van der Waals surface area contributed by atoms with Gasteiger partial charge in [0, 0.05) is 25.2 Å². The second kappa shape index (κ2) is 7.58. The standard InChI is InChI=1S/C16H17Cl3FN5/c1-24-7-2-8-25(10-9-24)15-22-13(11-3-5-12(20)6-4-11)21-14(23-15)16(17,18)19/h3-6H,2,7-10H2,1H3. The lowest BCUT2D eigenvalue weighted by molar-refractivity contribution is 0.360. The second-order valence-electron chi connectivity index (χ2n) is 5.93. The number of alkyl halides is 3. The highest BCUT2D eigenvalue weighted by Gasteiger charge is 2.29. The molecular formula is C16H17Cl3FN5. The predicted octanol–water partition coefficient (Wildman–Crippen LogP) is 3.65. The number of hydrogen-bond donors (Lipinski definition) is 0. The molecule has 9 heteroatoms. The minimum absolute atomic E-state index is 0.0550. The monoisotopic (exact) mass is 403 g/mol. The number of halogens is 4. The Bertz CT molecular complexity index is 736. The van der Waals surface area contributed by atoms with Crippen molar-refractivity contribution in [3.05, 3.63) is 35.9 Å². The first kappa shape index (κ1) is 18.6. The van der Waals surface area contributed by atoms with Crippen molar-refractivity contribution >= 4 is 40.8 Å². The van der Waals surface area contributed by atoms with Gasteiger partial charge in [-0.3, -0.25) is 0 Å². The van der Waals surface area contributed by atoms with Crippen LogP contribution in [0.25, 0.3) is 11.4 Å². The summed E-state index contributed by atoms with van der Waals surface area (Å²) in [6, 6.07) is 5.86. The van der Waals surface area contributed by atoms with Crippen molar-refractivity contribution in [1.82, 2.24) is 19.9 Å². The molecule has 3 rings (SSSR count). The smallest absolute Gasteiger partial charge is 0.250 e. The predicted molar refractivity (Wildman–Crippen MR) is 98.8 cm³/mol. The van der Waals surface area contributed by atoms with Crippen LogP contribution in [-0.4, -0.2) is 53.1 Å². The van der Waals surface area contributed by atoms with Crippen molar-refractivity contribution in [2.45, 2.75) is 10.2 Å². The highest BCUT2D eigenvalue weighted by molar-refractivity contribution is 6.66. The summed E-state index contributed by atoms with van der Waals surface area (Å²) >= 11 is 18.0. The Morgan fingerprint density at radius 3 is 2.36 bits per heavy atom. The molecule has 1 aromatic heterocycles. The average Bonchev–Trinajstić information content (AvgIpc) is 2.79. The molecule has 134 valence electrons. The summed E-state index contributed by atoms with van der Waals surface area (Å²) in [7, 11) is 2.08. The van der Waals surface area contributed by atoms with Crippen molar-refractivity contribution in [1.29, 1.82) is 0 Å². The molecule has 0 unspecified atom stereocenters. The van der Waals surface area contributed by atoms with E-state index in [4.69, 9.17) is 34.8 Å². The van der Waals surface area contributed by atoms with E-state index in [-0.39, 0.29) is 11.6 Å². The molecule has 0 radical (unpaired) electrons. The third-order valence-corrected chi connectivity index (χ3v) is 4.49. The highest BCUT2D eigenvalue weighted by Crippen LogP contribution is 2.37. The summed E-state index contributed by atoms with van der Waals surface area (Å²) in [5, 5.41) is 0. The summed E-state index contributed by atoms with van der Waals surface area (Å²) in [6.45, 7) is 3.46. The fraction of sp³-hybridized carbons (Fsp3) is 0.438. The molecule has 25 heavy (non-hydrogen) atoms. The van der Waals surface area contributed by atoms with E-state index < -0.39 is 3.79 Å². The van der Waals surface area contributed by atoms with Gasteiger partial charge >= 0.3 is 0 Å². The van der Waals surface area contributed by atoms with Gasteiger partial charge in [0.15, 0.2) is 11.6 Å². The lowest BCUT2D eigenvalue weighted by Gasteiger charge is -2.22. The molecule has 1 saturated heterocycles. The molecule has 2 aromatic rings. The maximum Gasteiger partial charge on any atom is 0.250 e. The number of nitrogens with zero attached hydrogens (tertiary/aromatic N) is 5. The minimum Gasteiger partial charge on any atom is -0.339 e. The van der Waals surface area contributed by atoms with Crippen LogP contribution < -0.4 is 4.90 Å². The molecule has 1 aromatic carbocycles. The van der Waals surface area contributed by atoms with Crippen molar-refractivity contribution in [2.24, 2.45) is 0 Å². The fourth-order valence-corrected chi connectivity index (χ4v) is 2.86. The van der Waals surface area contributed by atoms with E-state index in [9.17, 15) is 4.39 Å². The van der Waals surface area contributed by atoms with E-state index in [2.05, 4.69) is 31.8 Å². The SMILES string of the molecule is CN1CCCN(c2nc(-c3ccc(F)cc3)nc(C(Cl)(Cl)Cl)n2)CC1. The summed E-state index contributed by atoms with van der Waals surface area (Å²) in [4.78, 5) is 17.4. The topological polar surface area (TPSA) is 45.2 Å². The first-order valence-corrected chi connectivity index (χ1v) is 8.99. The first-order chi connectivity index (χ1) is 11.8. The number of hydrogen-bond acceptors (Lipinski definition) is 5. The molecule has 0 N–H and O–H groups in total. The average molecular weight is 405 g/mol. The second-order valence-corrected chi connectivity index (χ2v) is 8.21. The zero-order valence-corrected chi connectivity index (χ0v) is 15.9. The molecule has 1 fully saturated rings. The van der Waals surface area contributed by atoms with Gasteiger partial charge in [0.25, 0.3) is 0 Å². The van der Waals surface area contributed by atoms with Crippen LogP contribution in [0.2, 0.25) is 0 Å². The van der Waals surface area contributed by atoms with Crippen LogP contribution in [0.4, 0.5) is 10.3 Å². The Morgan fingerprint density at radius 1 is 0.960 bits per heavy atom. The van der Waals surface area contributed by atoms with Gasteiger partial charge < -0.3 is 9.80 Å². The molecule has 0 bridgehead atoms. The van der Waals surface area contributed by atoms with Gasteiger partial charge in [-0.1, -0.05) is 34.8 Å². The number of benzene rings is 1. The van der Waals surface area contributed by atoms with Gasteiger partial charge in [0.2, 0.25) is 9.74 Å². The third kappa shape index (κ3) is 4.70. The highest BCUT2D eigenvalue weighted by atomic mass is 35.6. The van der Waals surface area contributed by atoms with Crippen LogP contribution in [0.1, 0.15) is 12.2 Å². The van der Waals surface area contributed by atoms with Gasteiger partial charge in [0.1, 0.15) is 5.82 Å². The third-order valence-electron chi connectivity index (χ3n) is 3.98. The van der Waals surface area contributed by atoms with Gasteiger partial charge in [-0.2, -0.15) is 9.97 Å². The van der Waals surface area contributed by atoms with E-state index in [1.54, 1.807) is 12.1 Å². The van der Waals surface area contributed by atoms with Crippen LogP contribution >= 0.6 is 34.8 Å². The van der Waals surface area contributed by atoms with Crippen LogP contribution in [0, 0.1) is 5.82 Å². The van der Waals surface area contributed by atoms with Crippen LogP contribution in [-0.2, 0) is 3.79 Å². The zero-order valence-electron chi connectivity index (χ0n) is 13.6. The molecule has 0 amide bonds. The fourth-order valence-electron chi connectivity index (χ4n) is 2.61. The van der Waals surface area contributed by atoms with E-state index in [0.717, 1.165) is 32.6 Å². The lowest BCUT2D eigenvalue weighted by atomic mass is 10.2. The zero-order chi connectivity index (χ0) is 18.0. The van der Waals surface area contributed by atoms with E-state index in [0.29, 0.717) is 17.3 Å². The lowest BCUT2D eigenvalue weighted by Crippen LogP contribution is -2.31. The number of rotatable bonds is 2. The molecule has 0 atom stereocenters. The van der Waals surface area contributed by atoms with Gasteiger partial charge in [-0.25, -0.2) is 9.37 Å². The molecule has 1 aliphatic rings. The van der Waals surface area contributed by atoms with E-state index in [1.807, 2.05) is 0 Å². The molecule has 1 aliphatic heterocycles. The summed E-state index contributed by atoms with van der Waals surface area (Å²) in [6.07, 6.45) is 0.983. The number of anilines is 1. The molecule has 0 saturated carbocycles. The molecule has 0 spiro atoms. The van der Waals surface area contributed by atoms with Gasteiger partial charge in [0.05, 0.1) is 0 Å². The van der Waals surface area contributed by atoms with E-state index >= 15 is 0 Å². The van der Waals surface area contributed by atoms with Gasteiger partial charge in [-0.15, -0.1) is 0 Å². The van der Waals surface area contributed by atoms with Crippen LogP contribution in [0.5, 0.6) is 0 Å². The summed E-state index contributed by atoms with van der Waals surface area (Å²) in [5.41, 5.74) is 0.632. The van der Waals surface area contributed by atoms with E-state index in [1.165, 1.54) is 12.1 Å². The van der Waals surface area contributed by atoms with Gasteiger partial charge in [-0.05, 0) is 44.3 Å². The minimum atomic E-state index is -1.77. The van der Waals surface area contributed by atoms with Crippen molar-refractivity contribution in [3.8, 4) is 11.4 Å². The maximum atomic E-state index is 13.2. The largest absolute Gasteiger partial charge is 0.339 e. The Morgan fingerprint density at radius 2 is 1.68 bits per heavy atom. The molecule has 2 heterocycles. The number of likely N-dealkylation sites (N-methyl/N-ethyl adjacent to an activating group) is 1. The quantitative estimate of drug-likeness (QED) is 0.715. The number of aromatic nitrogens is 3. The van der Waals surface area contributed by atoms with Crippen molar-refractivity contribution in [3.63, 3.8) is 0 Å². The molecule has 0 aliphatic carbocycles.